The van der Waals surface area contributed by atoms with Gasteiger partial charge in [0.1, 0.15) is 0 Å². The van der Waals surface area contributed by atoms with Crippen molar-refractivity contribution in [3.8, 4) is 0 Å². The highest BCUT2D eigenvalue weighted by atomic mass is 35.5. The molecule has 0 bridgehead atoms. The lowest BCUT2D eigenvalue weighted by molar-refractivity contribution is -0.136. The van der Waals surface area contributed by atoms with E-state index in [-0.39, 0.29) is 24.4 Å². The second kappa shape index (κ2) is 8.98. The lowest BCUT2D eigenvalue weighted by Crippen LogP contribution is -2.54. The van der Waals surface area contributed by atoms with Gasteiger partial charge in [0.25, 0.3) is 0 Å². The summed E-state index contributed by atoms with van der Waals surface area (Å²) >= 11 is 0. The van der Waals surface area contributed by atoms with Crippen LogP contribution in [0.5, 0.6) is 0 Å². The maximum absolute atomic E-state index is 12.2. The van der Waals surface area contributed by atoms with E-state index in [0.717, 1.165) is 32.2 Å². The molecule has 7 heteroatoms. The van der Waals surface area contributed by atoms with Crippen LogP contribution < -0.4 is 16.8 Å². The number of carbonyl (C=O) groups excluding carboxylic acids is 2. The van der Waals surface area contributed by atoms with Gasteiger partial charge in [-0.3, -0.25) is 4.79 Å². The summed E-state index contributed by atoms with van der Waals surface area (Å²) < 4.78 is 0. The number of hydrogen-bond donors (Lipinski definition) is 3. The number of hydrogen-bond acceptors (Lipinski definition) is 3. The number of piperidine rings is 1. The Morgan fingerprint density at radius 3 is 2.68 bits per heavy atom. The third-order valence-corrected chi connectivity index (χ3v) is 3.34. The van der Waals surface area contributed by atoms with Crippen molar-refractivity contribution >= 4 is 24.3 Å². The molecule has 1 fully saturated rings. The van der Waals surface area contributed by atoms with E-state index in [1.807, 2.05) is 6.92 Å². The Morgan fingerprint density at radius 1 is 1.42 bits per heavy atom. The summed E-state index contributed by atoms with van der Waals surface area (Å²) in [6.45, 7) is 3.15. The number of nitrogens with one attached hydrogen (secondary N) is 1. The average molecular weight is 293 g/mol. The highest BCUT2D eigenvalue weighted by Gasteiger charge is 2.29. The molecular weight excluding hydrogens is 268 g/mol. The number of nitrogens with two attached hydrogens (primary N) is 2. The number of urea groups is 1. The topological polar surface area (TPSA) is 101 Å². The van der Waals surface area contributed by atoms with Crippen molar-refractivity contribution < 1.29 is 9.59 Å². The lowest BCUT2D eigenvalue weighted by Gasteiger charge is -2.37. The molecule has 1 saturated heterocycles. The normalized spacial score (nSPS) is 20.3. The van der Waals surface area contributed by atoms with E-state index in [4.69, 9.17) is 11.5 Å². The molecule has 0 spiro atoms. The first-order valence-electron chi connectivity index (χ1n) is 6.65. The molecule has 1 aliphatic rings. The van der Waals surface area contributed by atoms with Gasteiger partial charge in [-0.1, -0.05) is 13.3 Å². The fraction of sp³-hybridized carbons (Fsp3) is 0.833. The Kier molecular flexibility index (Phi) is 8.51. The fourth-order valence-corrected chi connectivity index (χ4v) is 2.37. The van der Waals surface area contributed by atoms with Crippen molar-refractivity contribution in [2.45, 2.75) is 51.1 Å². The zero-order valence-corrected chi connectivity index (χ0v) is 12.2. The van der Waals surface area contributed by atoms with Gasteiger partial charge in [-0.2, -0.15) is 0 Å². The molecule has 0 aromatic rings. The number of primary amides is 1. The van der Waals surface area contributed by atoms with Crippen LogP contribution in [0.3, 0.4) is 0 Å². The van der Waals surface area contributed by atoms with Gasteiger partial charge in [0.2, 0.25) is 5.91 Å². The lowest BCUT2D eigenvalue weighted by atomic mass is 10.00. The maximum atomic E-state index is 12.2. The molecule has 6 nitrogen and oxygen atoms in total. The first kappa shape index (κ1) is 18.0. The Labute approximate surface area is 120 Å². The van der Waals surface area contributed by atoms with Crippen molar-refractivity contribution in [3.63, 3.8) is 0 Å². The fourth-order valence-electron chi connectivity index (χ4n) is 2.37. The molecule has 1 heterocycles. The second-order valence-corrected chi connectivity index (χ2v) is 4.82. The SMILES string of the molecule is CCCC(N)C(=O)N1CCCCC1CNC(N)=O.Cl. The molecule has 0 saturated carbocycles. The third kappa shape index (κ3) is 5.65. The van der Waals surface area contributed by atoms with Crippen LogP contribution >= 0.6 is 12.4 Å². The predicted molar refractivity (Wildman–Crippen MR) is 77.1 cm³/mol. The summed E-state index contributed by atoms with van der Waals surface area (Å²) in [5.41, 5.74) is 10.9. The summed E-state index contributed by atoms with van der Waals surface area (Å²) in [4.78, 5) is 24.7. The third-order valence-electron chi connectivity index (χ3n) is 3.34. The minimum Gasteiger partial charge on any atom is -0.352 e. The van der Waals surface area contributed by atoms with Crippen LogP contribution in [-0.4, -0.2) is 42.0 Å². The van der Waals surface area contributed by atoms with E-state index in [9.17, 15) is 9.59 Å². The number of halogens is 1. The van der Waals surface area contributed by atoms with Crippen LogP contribution in [0.25, 0.3) is 0 Å². The minimum absolute atomic E-state index is 0. The van der Waals surface area contributed by atoms with Crippen LogP contribution in [0.15, 0.2) is 0 Å². The van der Waals surface area contributed by atoms with Crippen molar-refractivity contribution in [3.05, 3.63) is 0 Å². The van der Waals surface area contributed by atoms with Crippen LogP contribution in [0.2, 0.25) is 0 Å². The van der Waals surface area contributed by atoms with E-state index in [2.05, 4.69) is 5.32 Å². The van der Waals surface area contributed by atoms with Crippen molar-refractivity contribution in [1.29, 1.82) is 0 Å². The summed E-state index contributed by atoms with van der Waals surface area (Å²) in [5.74, 6) is -0.00665. The van der Waals surface area contributed by atoms with Gasteiger partial charge in [-0.15, -0.1) is 12.4 Å². The Bertz CT molecular complexity index is 301. The average Bonchev–Trinajstić information content (AvgIpc) is 2.36. The van der Waals surface area contributed by atoms with Crippen LogP contribution in [0.4, 0.5) is 4.79 Å². The van der Waals surface area contributed by atoms with Crippen molar-refractivity contribution in [2.24, 2.45) is 11.5 Å². The first-order chi connectivity index (χ1) is 8.56. The van der Waals surface area contributed by atoms with Gasteiger partial charge in [-0.25, -0.2) is 4.79 Å². The Hall–Kier alpha value is -1.01. The standard InChI is InChI=1S/C12H24N4O2.ClH/c1-2-5-10(13)11(17)16-7-4-3-6-9(16)8-15-12(14)18;/h9-10H,2-8,13H2,1H3,(H3,14,15,18);1H. The monoisotopic (exact) mass is 292 g/mol. The van der Waals surface area contributed by atoms with E-state index in [0.29, 0.717) is 13.0 Å². The van der Waals surface area contributed by atoms with Gasteiger partial charge in [0.15, 0.2) is 0 Å². The van der Waals surface area contributed by atoms with Gasteiger partial charge < -0.3 is 21.7 Å². The molecule has 0 aromatic heterocycles. The Balaban J connectivity index is 0.00000324. The van der Waals surface area contributed by atoms with Crippen molar-refractivity contribution in [1.82, 2.24) is 10.2 Å². The molecule has 19 heavy (non-hydrogen) atoms. The van der Waals surface area contributed by atoms with Gasteiger partial charge in [0.05, 0.1) is 6.04 Å². The number of likely N-dealkylation sites (tertiary alicyclic amines) is 1. The molecule has 1 rings (SSSR count). The van der Waals surface area contributed by atoms with Gasteiger partial charge in [0, 0.05) is 19.1 Å². The second-order valence-electron chi connectivity index (χ2n) is 4.82. The van der Waals surface area contributed by atoms with E-state index in [1.165, 1.54) is 0 Å². The highest BCUT2D eigenvalue weighted by Crippen LogP contribution is 2.18. The largest absolute Gasteiger partial charge is 0.352 e. The summed E-state index contributed by atoms with van der Waals surface area (Å²) in [6, 6.07) is -0.948. The number of nitrogens with zero attached hydrogens (tertiary/aromatic N) is 1. The maximum Gasteiger partial charge on any atom is 0.312 e. The smallest absolute Gasteiger partial charge is 0.312 e. The number of amides is 3. The number of carbonyl (C=O) groups is 2. The Morgan fingerprint density at radius 2 is 2.11 bits per heavy atom. The van der Waals surface area contributed by atoms with Gasteiger partial charge in [-0.05, 0) is 25.7 Å². The molecule has 0 aromatic carbocycles. The predicted octanol–water partition coefficient (Wildman–Crippen LogP) is 0.585. The molecule has 3 amide bonds. The molecule has 5 N–H and O–H groups in total. The van der Waals surface area contributed by atoms with Crippen LogP contribution in [-0.2, 0) is 4.79 Å². The molecule has 112 valence electrons. The zero-order chi connectivity index (χ0) is 13.5. The van der Waals surface area contributed by atoms with Crippen LogP contribution in [0, 0.1) is 0 Å². The first-order valence-corrected chi connectivity index (χ1v) is 6.65. The molecule has 2 unspecified atom stereocenters. The van der Waals surface area contributed by atoms with E-state index >= 15 is 0 Å². The quantitative estimate of drug-likeness (QED) is 0.691. The summed E-state index contributed by atoms with van der Waals surface area (Å²) in [6.07, 6.45) is 4.55. The highest BCUT2D eigenvalue weighted by molar-refractivity contribution is 5.85. The minimum atomic E-state index is -0.550. The summed E-state index contributed by atoms with van der Waals surface area (Å²) in [7, 11) is 0. The molecule has 0 radical (unpaired) electrons. The van der Waals surface area contributed by atoms with Gasteiger partial charge >= 0.3 is 6.03 Å². The van der Waals surface area contributed by atoms with Crippen LogP contribution in [0.1, 0.15) is 39.0 Å². The molecule has 1 aliphatic heterocycles. The number of rotatable bonds is 5. The van der Waals surface area contributed by atoms with E-state index in [1.54, 1.807) is 4.90 Å². The molecule has 0 aliphatic carbocycles. The zero-order valence-electron chi connectivity index (χ0n) is 11.4. The van der Waals surface area contributed by atoms with E-state index < -0.39 is 12.1 Å². The molecular formula is C12H25ClN4O2. The van der Waals surface area contributed by atoms with Crippen molar-refractivity contribution in [2.75, 3.05) is 13.1 Å². The summed E-state index contributed by atoms with van der Waals surface area (Å²) in [5, 5.41) is 2.58. The molecule has 2 atom stereocenters.